The third kappa shape index (κ3) is 3.30. The van der Waals surface area contributed by atoms with Crippen molar-refractivity contribution >= 4 is 23.9 Å². The van der Waals surface area contributed by atoms with E-state index in [1.807, 2.05) is 5.32 Å². The third-order valence-corrected chi connectivity index (χ3v) is 4.91. The molecule has 0 bridgehead atoms. The Morgan fingerprint density at radius 2 is 1.97 bits per heavy atom. The van der Waals surface area contributed by atoms with Gasteiger partial charge in [0.1, 0.15) is 24.9 Å². The zero-order valence-corrected chi connectivity index (χ0v) is 15.0. The summed E-state index contributed by atoms with van der Waals surface area (Å²) in [6.45, 7) is -0.831. The van der Waals surface area contributed by atoms with Crippen molar-refractivity contribution in [2.24, 2.45) is 10.7 Å². The number of amidine groups is 1. The molecule has 1 aliphatic heterocycles. The summed E-state index contributed by atoms with van der Waals surface area (Å²) >= 11 is 0. The maximum atomic E-state index is 14.6. The molecule has 0 radical (unpaired) electrons. The van der Waals surface area contributed by atoms with E-state index in [1.54, 1.807) is 0 Å². The number of hydrogen-bond donors (Lipinski definition) is 2. The first-order chi connectivity index (χ1) is 13.4. The maximum absolute atomic E-state index is 14.6. The minimum absolute atomic E-state index is 0.279. The van der Waals surface area contributed by atoms with E-state index >= 15 is 0 Å². The first-order valence-corrected chi connectivity index (χ1v) is 8.29. The second-order valence-corrected chi connectivity index (χ2v) is 6.94. The van der Waals surface area contributed by atoms with Crippen LogP contribution in [0.3, 0.4) is 0 Å². The molecule has 7 nitrogen and oxygen atoms in total. The van der Waals surface area contributed by atoms with Gasteiger partial charge in [0, 0.05) is 11.3 Å². The van der Waals surface area contributed by atoms with Crippen molar-refractivity contribution in [3.8, 4) is 0 Å². The molecule has 12 heteroatoms. The van der Waals surface area contributed by atoms with Crippen LogP contribution in [0, 0.1) is 5.82 Å². The van der Waals surface area contributed by atoms with E-state index in [1.165, 1.54) is 0 Å². The number of nitrogens with two attached hydrogens (primary N) is 1. The molecule has 1 aromatic rings. The summed E-state index contributed by atoms with van der Waals surface area (Å²) in [5, 5.41) is 2.04. The summed E-state index contributed by atoms with van der Waals surface area (Å²) in [5.41, 5.74) is -0.569. The molecule has 1 amide bonds. The predicted octanol–water partition coefficient (Wildman–Crippen LogP) is 1.95. The van der Waals surface area contributed by atoms with Gasteiger partial charge in [0.2, 0.25) is 0 Å². The van der Waals surface area contributed by atoms with Crippen molar-refractivity contribution in [3.63, 3.8) is 0 Å². The van der Waals surface area contributed by atoms with Crippen LogP contribution in [0.2, 0.25) is 0 Å². The number of carbonyl (C=O) groups is 2. The largest absolute Gasteiger partial charge is 0.444 e. The third-order valence-electron chi connectivity index (χ3n) is 4.91. The fourth-order valence-corrected chi connectivity index (χ4v) is 3.07. The molecule has 0 saturated heterocycles. The Labute approximate surface area is 161 Å². The van der Waals surface area contributed by atoms with Crippen molar-refractivity contribution in [1.82, 2.24) is 0 Å². The minimum Gasteiger partial charge on any atom is -0.444 e. The molecule has 1 heterocycles. The van der Waals surface area contributed by atoms with Crippen LogP contribution in [-0.2, 0) is 24.6 Å². The van der Waals surface area contributed by atoms with Crippen LogP contribution in [-0.4, -0.2) is 48.9 Å². The van der Waals surface area contributed by atoms with Crippen LogP contribution in [0.15, 0.2) is 23.2 Å². The number of anilines is 1. The molecule has 1 aliphatic carbocycles. The lowest BCUT2D eigenvalue weighted by molar-refractivity contribution is -0.152. The van der Waals surface area contributed by atoms with Gasteiger partial charge in [-0.15, -0.1) is 0 Å². The van der Waals surface area contributed by atoms with Gasteiger partial charge in [0.15, 0.2) is 5.54 Å². The van der Waals surface area contributed by atoms with Crippen molar-refractivity contribution in [2.75, 3.05) is 18.5 Å². The molecule has 0 aromatic heterocycles. The lowest BCUT2D eigenvalue weighted by Gasteiger charge is -2.33. The van der Waals surface area contributed by atoms with E-state index < -0.39 is 53.3 Å². The number of rotatable bonds is 5. The van der Waals surface area contributed by atoms with Gasteiger partial charge in [-0.1, -0.05) is 0 Å². The van der Waals surface area contributed by atoms with Gasteiger partial charge in [-0.3, -0.25) is 14.6 Å². The van der Waals surface area contributed by atoms with Gasteiger partial charge >= 0.3 is 5.92 Å². The summed E-state index contributed by atoms with van der Waals surface area (Å²) in [7, 11) is 0. The Kier molecular flexibility index (Phi) is 4.80. The summed E-state index contributed by atoms with van der Waals surface area (Å²) < 4.78 is 79.8. The molecule has 1 saturated carbocycles. The first-order valence-electron chi connectivity index (χ1n) is 8.29. The van der Waals surface area contributed by atoms with E-state index in [9.17, 15) is 31.5 Å². The number of halogens is 5. The Morgan fingerprint density at radius 3 is 2.55 bits per heavy atom. The van der Waals surface area contributed by atoms with Crippen LogP contribution in [0.4, 0.5) is 27.6 Å². The highest BCUT2D eigenvalue weighted by Gasteiger charge is 2.79. The molecule has 1 unspecified atom stereocenters. The Balaban J connectivity index is 1.98. The highest BCUT2D eigenvalue weighted by molar-refractivity contribution is 6.01. The van der Waals surface area contributed by atoms with E-state index in [-0.39, 0.29) is 24.6 Å². The summed E-state index contributed by atoms with van der Waals surface area (Å²) in [6.07, 6.45) is -1.04. The molecule has 1 fully saturated rings. The van der Waals surface area contributed by atoms with Crippen molar-refractivity contribution < 1.29 is 41.0 Å². The second-order valence-electron chi connectivity index (χ2n) is 6.94. The van der Waals surface area contributed by atoms with Crippen LogP contribution in [0.25, 0.3) is 0 Å². The van der Waals surface area contributed by atoms with Crippen LogP contribution in [0.1, 0.15) is 18.9 Å². The average molecular weight is 421 g/mol. The van der Waals surface area contributed by atoms with Gasteiger partial charge in [-0.05, 0) is 25.1 Å². The fourth-order valence-electron chi connectivity index (χ4n) is 3.07. The standard InChI is InChI=1S/C17H16F5N3O4/c1-14(17(21,22)7-28-5-12(23)25-14)10-4-9(2-3-11(10)18)24-13(27)15(29-8-26)6-16(15,19)20/h2-4,8H,5-7H2,1H3,(H2,23,25)(H,24,27)/t14-,15?/m1/s1. The Morgan fingerprint density at radius 1 is 1.31 bits per heavy atom. The number of nitrogens with zero attached hydrogens (tertiary/aromatic N) is 1. The zero-order chi connectivity index (χ0) is 21.7. The van der Waals surface area contributed by atoms with E-state index in [2.05, 4.69) is 9.73 Å². The molecule has 2 aliphatic rings. The van der Waals surface area contributed by atoms with Gasteiger partial charge < -0.3 is 20.5 Å². The topological polar surface area (TPSA) is 103 Å². The molecule has 2 atom stereocenters. The highest BCUT2D eigenvalue weighted by Crippen LogP contribution is 2.55. The average Bonchev–Trinajstić information content (AvgIpc) is 3.20. The number of hydrogen-bond acceptors (Lipinski definition) is 6. The van der Waals surface area contributed by atoms with Crippen LogP contribution >= 0.6 is 0 Å². The van der Waals surface area contributed by atoms with E-state index in [0.29, 0.717) is 0 Å². The van der Waals surface area contributed by atoms with Crippen molar-refractivity contribution in [1.29, 1.82) is 0 Å². The summed E-state index contributed by atoms with van der Waals surface area (Å²) in [4.78, 5) is 26.4. The van der Waals surface area contributed by atoms with Gasteiger partial charge in [-0.25, -0.2) is 22.0 Å². The normalized spacial score (nSPS) is 29.9. The maximum Gasteiger partial charge on any atom is 0.300 e. The highest BCUT2D eigenvalue weighted by atomic mass is 19.3. The van der Waals surface area contributed by atoms with Crippen LogP contribution in [0.5, 0.6) is 0 Å². The lowest BCUT2D eigenvalue weighted by Crippen LogP contribution is -2.45. The molecular weight excluding hydrogens is 405 g/mol. The minimum atomic E-state index is -3.68. The van der Waals surface area contributed by atoms with Gasteiger partial charge in [-0.2, -0.15) is 0 Å². The number of benzene rings is 1. The summed E-state index contributed by atoms with van der Waals surface area (Å²) in [6, 6.07) is 2.58. The smallest absolute Gasteiger partial charge is 0.300 e. The number of carbonyl (C=O) groups excluding carboxylic acids is 2. The van der Waals surface area contributed by atoms with Gasteiger partial charge in [0.05, 0.1) is 6.42 Å². The predicted molar refractivity (Wildman–Crippen MR) is 89.2 cm³/mol. The number of aliphatic imine (C=N–C) groups is 1. The second kappa shape index (κ2) is 6.65. The van der Waals surface area contributed by atoms with Crippen LogP contribution < -0.4 is 11.1 Å². The quantitative estimate of drug-likeness (QED) is 0.559. The molecule has 0 spiro atoms. The van der Waals surface area contributed by atoms with E-state index in [0.717, 1.165) is 25.1 Å². The molecular formula is C17H16F5N3O4. The number of alkyl halides is 4. The number of amides is 1. The Bertz CT molecular complexity index is 894. The van der Waals surface area contributed by atoms with Gasteiger partial charge in [0.25, 0.3) is 23.9 Å². The molecule has 3 N–H and O–H groups in total. The molecule has 3 rings (SSSR count). The van der Waals surface area contributed by atoms with Crippen molar-refractivity contribution in [2.45, 2.75) is 36.3 Å². The molecule has 29 heavy (non-hydrogen) atoms. The van der Waals surface area contributed by atoms with E-state index in [4.69, 9.17) is 10.5 Å². The zero-order valence-electron chi connectivity index (χ0n) is 15.0. The molecule has 158 valence electrons. The summed E-state index contributed by atoms with van der Waals surface area (Å²) in [5.74, 6) is -10.0. The van der Waals surface area contributed by atoms with Crippen molar-refractivity contribution in [3.05, 3.63) is 29.6 Å². The number of nitrogens with one attached hydrogen (secondary N) is 1. The number of ether oxygens (including phenoxy) is 2. The SMILES string of the molecule is C[C@]1(c2cc(NC(=O)C3(OC=O)CC3(F)F)ccc2F)N=C(N)COCC1(F)F. The first kappa shape index (κ1) is 21.0. The lowest BCUT2D eigenvalue weighted by atomic mass is 9.85. The fraction of sp³-hybridized carbons (Fsp3) is 0.471. The monoisotopic (exact) mass is 421 g/mol. The Hall–Kier alpha value is -2.76. The molecule has 1 aromatic carbocycles.